The minimum absolute atomic E-state index is 0.0120. The normalized spacial score (nSPS) is 19.1. The number of nitrogens with one attached hydrogen (secondary N) is 2. The van der Waals surface area contributed by atoms with E-state index in [0.29, 0.717) is 13.1 Å². The molecule has 0 bridgehead atoms. The van der Waals surface area contributed by atoms with Crippen molar-refractivity contribution in [3.63, 3.8) is 0 Å². The third kappa shape index (κ3) is 4.60. The van der Waals surface area contributed by atoms with E-state index in [-0.39, 0.29) is 17.7 Å². The lowest BCUT2D eigenvalue weighted by Gasteiger charge is -2.31. The average molecular weight is 377 g/mol. The van der Waals surface area contributed by atoms with Gasteiger partial charge in [0, 0.05) is 17.9 Å². The van der Waals surface area contributed by atoms with Gasteiger partial charge >= 0.3 is 0 Å². The van der Waals surface area contributed by atoms with Gasteiger partial charge in [0.15, 0.2) is 0 Å². The van der Waals surface area contributed by atoms with Crippen molar-refractivity contribution in [3.8, 4) is 0 Å². The van der Waals surface area contributed by atoms with E-state index < -0.39 is 0 Å². The standard InChI is InChI=1S/C23H27N3O2/c27-22(24-21-12-11-17-6-4-7-18(17)14-21)16-26-13-5-8-19(15-26)23(28)25-20-9-2-1-3-10-20/h1-3,9-12,14,19H,4-8,13,15-16H2,(H,24,27)(H,25,28)/t19-/m1/s1. The molecule has 4 rings (SSSR count). The molecule has 0 unspecified atom stereocenters. The van der Waals surface area contributed by atoms with Crippen LogP contribution in [0, 0.1) is 5.92 Å². The highest BCUT2D eigenvalue weighted by molar-refractivity contribution is 5.93. The summed E-state index contributed by atoms with van der Waals surface area (Å²) in [5.74, 6) is -0.0567. The quantitative estimate of drug-likeness (QED) is 0.839. The van der Waals surface area contributed by atoms with Gasteiger partial charge in [-0.2, -0.15) is 0 Å². The van der Waals surface area contributed by atoms with Crippen molar-refractivity contribution in [2.24, 2.45) is 5.92 Å². The third-order valence-electron chi connectivity index (χ3n) is 5.67. The number of hydrogen-bond acceptors (Lipinski definition) is 3. The Bertz CT molecular complexity index is 850. The SMILES string of the molecule is O=C(CN1CCC[C@@H](C(=O)Nc2ccccc2)C1)Nc1ccc2c(c1)CCC2. The minimum atomic E-state index is -0.0817. The summed E-state index contributed by atoms with van der Waals surface area (Å²) < 4.78 is 0. The molecule has 1 saturated heterocycles. The van der Waals surface area contributed by atoms with Gasteiger partial charge in [0.1, 0.15) is 0 Å². The molecule has 2 aromatic rings. The molecule has 1 aliphatic heterocycles. The van der Waals surface area contributed by atoms with E-state index in [1.54, 1.807) is 0 Å². The highest BCUT2D eigenvalue weighted by Crippen LogP contribution is 2.25. The van der Waals surface area contributed by atoms with Crippen molar-refractivity contribution in [2.45, 2.75) is 32.1 Å². The number of carbonyl (C=O) groups excluding carboxylic acids is 2. The Labute approximate surface area is 166 Å². The van der Waals surface area contributed by atoms with Crippen molar-refractivity contribution in [2.75, 3.05) is 30.3 Å². The lowest BCUT2D eigenvalue weighted by atomic mass is 9.97. The molecule has 2 aliphatic rings. The monoisotopic (exact) mass is 377 g/mol. The Kier molecular flexibility index (Phi) is 5.72. The number of likely N-dealkylation sites (tertiary alicyclic amines) is 1. The lowest BCUT2D eigenvalue weighted by molar-refractivity contribution is -0.123. The number of aryl methyl sites for hydroxylation is 2. The second kappa shape index (κ2) is 8.57. The highest BCUT2D eigenvalue weighted by atomic mass is 16.2. The van der Waals surface area contributed by atoms with Crippen molar-refractivity contribution >= 4 is 23.2 Å². The number of carbonyl (C=O) groups is 2. The molecule has 2 N–H and O–H groups in total. The van der Waals surface area contributed by atoms with Gasteiger partial charge in [0.05, 0.1) is 12.5 Å². The summed E-state index contributed by atoms with van der Waals surface area (Å²) >= 11 is 0. The molecule has 0 saturated carbocycles. The zero-order valence-corrected chi connectivity index (χ0v) is 16.1. The van der Waals surface area contributed by atoms with Gasteiger partial charge in [-0.25, -0.2) is 0 Å². The molecule has 28 heavy (non-hydrogen) atoms. The summed E-state index contributed by atoms with van der Waals surface area (Å²) in [6.07, 6.45) is 5.24. The fourth-order valence-corrected chi connectivity index (χ4v) is 4.23. The Morgan fingerprint density at radius 1 is 0.929 bits per heavy atom. The molecule has 5 heteroatoms. The molecular formula is C23H27N3O2. The Morgan fingerprint density at radius 3 is 2.61 bits per heavy atom. The van der Waals surface area contributed by atoms with Crippen LogP contribution in [0.5, 0.6) is 0 Å². The van der Waals surface area contributed by atoms with Crippen molar-refractivity contribution in [1.29, 1.82) is 0 Å². The molecule has 1 atom stereocenters. The molecule has 2 amide bonds. The second-order valence-electron chi connectivity index (χ2n) is 7.81. The summed E-state index contributed by atoms with van der Waals surface area (Å²) in [4.78, 5) is 27.1. The van der Waals surface area contributed by atoms with Crippen LogP contribution in [0.25, 0.3) is 0 Å². The van der Waals surface area contributed by atoms with Gasteiger partial charge in [-0.05, 0) is 74.0 Å². The highest BCUT2D eigenvalue weighted by Gasteiger charge is 2.27. The molecular weight excluding hydrogens is 350 g/mol. The lowest BCUT2D eigenvalue weighted by Crippen LogP contribution is -2.44. The first-order valence-corrected chi connectivity index (χ1v) is 10.2. The molecule has 0 radical (unpaired) electrons. The van der Waals surface area contributed by atoms with Crippen LogP contribution >= 0.6 is 0 Å². The molecule has 0 aromatic heterocycles. The molecule has 5 nitrogen and oxygen atoms in total. The van der Waals surface area contributed by atoms with Crippen molar-refractivity contribution in [1.82, 2.24) is 4.90 Å². The van der Waals surface area contributed by atoms with E-state index in [2.05, 4.69) is 27.7 Å². The number of para-hydroxylation sites is 1. The van der Waals surface area contributed by atoms with Crippen LogP contribution in [-0.4, -0.2) is 36.3 Å². The first kappa shape index (κ1) is 18.7. The first-order valence-electron chi connectivity index (χ1n) is 10.2. The predicted molar refractivity (Wildman–Crippen MR) is 111 cm³/mol. The van der Waals surface area contributed by atoms with Crippen LogP contribution in [-0.2, 0) is 22.4 Å². The van der Waals surface area contributed by atoms with Gasteiger partial charge in [0.2, 0.25) is 11.8 Å². The van der Waals surface area contributed by atoms with Gasteiger partial charge in [-0.3, -0.25) is 14.5 Å². The zero-order chi connectivity index (χ0) is 19.3. The van der Waals surface area contributed by atoms with Gasteiger partial charge < -0.3 is 10.6 Å². The van der Waals surface area contributed by atoms with E-state index in [1.807, 2.05) is 36.4 Å². The third-order valence-corrected chi connectivity index (χ3v) is 5.67. The van der Waals surface area contributed by atoms with Crippen LogP contribution in [0.3, 0.4) is 0 Å². The van der Waals surface area contributed by atoms with Crippen LogP contribution < -0.4 is 10.6 Å². The number of nitrogens with zero attached hydrogens (tertiary/aromatic N) is 1. The maximum atomic E-state index is 12.6. The Hall–Kier alpha value is -2.66. The number of fused-ring (bicyclic) bond motifs is 1. The van der Waals surface area contributed by atoms with E-state index in [4.69, 9.17) is 0 Å². The number of anilines is 2. The Balaban J connectivity index is 1.29. The number of rotatable bonds is 5. The average Bonchev–Trinajstić information content (AvgIpc) is 3.17. The number of piperidine rings is 1. The maximum absolute atomic E-state index is 12.6. The molecule has 1 heterocycles. The number of hydrogen-bond donors (Lipinski definition) is 2. The fraction of sp³-hybridized carbons (Fsp3) is 0.391. The van der Waals surface area contributed by atoms with Crippen molar-refractivity contribution in [3.05, 3.63) is 59.7 Å². The maximum Gasteiger partial charge on any atom is 0.238 e. The van der Waals surface area contributed by atoms with Gasteiger partial charge in [-0.15, -0.1) is 0 Å². The summed E-state index contributed by atoms with van der Waals surface area (Å²) in [6.45, 7) is 1.80. The van der Waals surface area contributed by atoms with E-state index in [9.17, 15) is 9.59 Å². The molecule has 1 fully saturated rings. The molecule has 1 aliphatic carbocycles. The number of benzene rings is 2. The molecule has 0 spiro atoms. The van der Waals surface area contributed by atoms with E-state index in [0.717, 1.165) is 43.6 Å². The summed E-state index contributed by atoms with van der Waals surface area (Å²) in [7, 11) is 0. The smallest absolute Gasteiger partial charge is 0.238 e. The predicted octanol–water partition coefficient (Wildman–Crippen LogP) is 3.46. The minimum Gasteiger partial charge on any atom is -0.326 e. The molecule has 2 aromatic carbocycles. The zero-order valence-electron chi connectivity index (χ0n) is 16.1. The van der Waals surface area contributed by atoms with E-state index >= 15 is 0 Å². The molecule has 146 valence electrons. The summed E-state index contributed by atoms with van der Waals surface area (Å²) in [5, 5.41) is 6.00. The van der Waals surface area contributed by atoms with Crippen LogP contribution in [0.4, 0.5) is 11.4 Å². The largest absolute Gasteiger partial charge is 0.326 e. The number of amides is 2. The van der Waals surface area contributed by atoms with Gasteiger partial charge in [0.25, 0.3) is 0 Å². The van der Waals surface area contributed by atoms with Crippen LogP contribution in [0.1, 0.15) is 30.4 Å². The Morgan fingerprint density at radius 2 is 1.75 bits per heavy atom. The van der Waals surface area contributed by atoms with Crippen molar-refractivity contribution < 1.29 is 9.59 Å². The van der Waals surface area contributed by atoms with Crippen LogP contribution in [0.2, 0.25) is 0 Å². The summed E-state index contributed by atoms with van der Waals surface area (Å²) in [5.41, 5.74) is 4.45. The topological polar surface area (TPSA) is 61.4 Å². The van der Waals surface area contributed by atoms with Crippen LogP contribution in [0.15, 0.2) is 48.5 Å². The first-order chi connectivity index (χ1) is 13.7. The summed E-state index contributed by atoms with van der Waals surface area (Å²) in [6, 6.07) is 15.8. The second-order valence-corrected chi connectivity index (χ2v) is 7.81. The van der Waals surface area contributed by atoms with Gasteiger partial charge in [-0.1, -0.05) is 24.3 Å². The fourth-order valence-electron chi connectivity index (χ4n) is 4.23. The van der Waals surface area contributed by atoms with E-state index in [1.165, 1.54) is 17.5 Å².